The first-order valence-electron chi connectivity index (χ1n) is 9.30. The van der Waals surface area contributed by atoms with Crippen LogP contribution in [0.4, 0.5) is 5.82 Å². The first kappa shape index (κ1) is 19.5. The van der Waals surface area contributed by atoms with E-state index in [4.69, 9.17) is 0 Å². The summed E-state index contributed by atoms with van der Waals surface area (Å²) in [5.74, 6) is 1.74. The summed E-state index contributed by atoms with van der Waals surface area (Å²) in [7, 11) is 3.87. The summed E-state index contributed by atoms with van der Waals surface area (Å²) in [6.45, 7) is 6.49. The van der Waals surface area contributed by atoms with E-state index in [1.165, 1.54) is 0 Å². The van der Waals surface area contributed by atoms with Crippen LogP contribution in [0, 0.1) is 6.92 Å². The SMILES string of the molecule is Cc1nc(C(=O)NCc2ccc(N(C)C)nc2)nn1-c1ccccc1C(C)C. The van der Waals surface area contributed by atoms with E-state index in [0.29, 0.717) is 18.3 Å². The smallest absolute Gasteiger partial charge is 0.291 e. The zero-order valence-electron chi connectivity index (χ0n) is 17.0. The molecule has 1 aromatic carbocycles. The highest BCUT2D eigenvalue weighted by Gasteiger charge is 2.17. The van der Waals surface area contributed by atoms with Gasteiger partial charge in [0.15, 0.2) is 0 Å². The minimum Gasteiger partial charge on any atom is -0.363 e. The molecule has 146 valence electrons. The Morgan fingerprint density at radius 2 is 1.93 bits per heavy atom. The van der Waals surface area contributed by atoms with Gasteiger partial charge in [0.05, 0.1) is 5.69 Å². The summed E-state index contributed by atoms with van der Waals surface area (Å²) < 4.78 is 1.73. The van der Waals surface area contributed by atoms with Crippen LogP contribution in [0.5, 0.6) is 0 Å². The monoisotopic (exact) mass is 378 g/mol. The third-order valence-corrected chi connectivity index (χ3v) is 4.48. The molecule has 3 aromatic rings. The lowest BCUT2D eigenvalue weighted by Gasteiger charge is -2.12. The Bertz CT molecular complexity index is 959. The van der Waals surface area contributed by atoms with Crippen molar-refractivity contribution in [2.45, 2.75) is 33.2 Å². The number of carbonyl (C=O) groups excluding carboxylic acids is 1. The highest BCUT2D eigenvalue weighted by Crippen LogP contribution is 2.23. The molecule has 0 aliphatic heterocycles. The summed E-state index contributed by atoms with van der Waals surface area (Å²) in [4.78, 5) is 23.2. The molecule has 2 heterocycles. The quantitative estimate of drug-likeness (QED) is 0.713. The molecule has 0 saturated carbocycles. The first-order chi connectivity index (χ1) is 13.4. The van der Waals surface area contributed by atoms with Crippen molar-refractivity contribution in [2.75, 3.05) is 19.0 Å². The van der Waals surface area contributed by atoms with Gasteiger partial charge in [0, 0.05) is 26.8 Å². The minimum absolute atomic E-state index is 0.161. The maximum Gasteiger partial charge on any atom is 0.291 e. The molecule has 2 aromatic heterocycles. The van der Waals surface area contributed by atoms with Gasteiger partial charge < -0.3 is 10.2 Å². The van der Waals surface area contributed by atoms with E-state index in [-0.39, 0.29) is 11.7 Å². The van der Waals surface area contributed by atoms with Crippen molar-refractivity contribution in [3.05, 3.63) is 65.4 Å². The zero-order chi connectivity index (χ0) is 20.3. The fraction of sp³-hybridized carbons (Fsp3) is 0.333. The number of amides is 1. The van der Waals surface area contributed by atoms with Gasteiger partial charge in [0.25, 0.3) is 5.91 Å². The molecule has 7 nitrogen and oxygen atoms in total. The average Bonchev–Trinajstić information content (AvgIpc) is 3.08. The van der Waals surface area contributed by atoms with Crippen molar-refractivity contribution in [1.82, 2.24) is 25.1 Å². The van der Waals surface area contributed by atoms with E-state index in [0.717, 1.165) is 22.6 Å². The molecule has 7 heteroatoms. The maximum absolute atomic E-state index is 12.5. The summed E-state index contributed by atoms with van der Waals surface area (Å²) in [5.41, 5.74) is 3.03. The molecular weight excluding hydrogens is 352 g/mol. The lowest BCUT2D eigenvalue weighted by atomic mass is 10.0. The van der Waals surface area contributed by atoms with Crippen LogP contribution in [0.25, 0.3) is 5.69 Å². The zero-order valence-corrected chi connectivity index (χ0v) is 17.0. The van der Waals surface area contributed by atoms with E-state index in [9.17, 15) is 4.79 Å². The Hall–Kier alpha value is -3.22. The van der Waals surface area contributed by atoms with Gasteiger partial charge in [-0.1, -0.05) is 38.1 Å². The van der Waals surface area contributed by atoms with Gasteiger partial charge >= 0.3 is 0 Å². The molecule has 1 amide bonds. The van der Waals surface area contributed by atoms with Crippen molar-refractivity contribution in [1.29, 1.82) is 0 Å². The van der Waals surface area contributed by atoms with Crippen LogP contribution in [-0.4, -0.2) is 39.8 Å². The van der Waals surface area contributed by atoms with E-state index in [1.54, 1.807) is 10.9 Å². The highest BCUT2D eigenvalue weighted by atomic mass is 16.2. The number of hydrogen-bond donors (Lipinski definition) is 1. The van der Waals surface area contributed by atoms with E-state index >= 15 is 0 Å². The molecule has 0 spiro atoms. The standard InChI is InChI=1S/C21H26N6O/c1-14(2)17-8-6-7-9-18(17)27-15(3)24-20(25-27)21(28)23-13-16-10-11-19(22-12-16)26(4)5/h6-12,14H,13H2,1-5H3,(H,23,28). The Balaban J connectivity index is 1.75. The number of aryl methyl sites for hydroxylation is 1. The largest absolute Gasteiger partial charge is 0.363 e. The summed E-state index contributed by atoms with van der Waals surface area (Å²) >= 11 is 0. The lowest BCUT2D eigenvalue weighted by Crippen LogP contribution is -2.24. The van der Waals surface area contributed by atoms with Gasteiger partial charge in [0.1, 0.15) is 11.6 Å². The van der Waals surface area contributed by atoms with Gasteiger partial charge in [-0.3, -0.25) is 4.79 Å². The predicted octanol–water partition coefficient (Wildman–Crippen LogP) is 3.09. The van der Waals surface area contributed by atoms with Crippen LogP contribution in [-0.2, 0) is 6.54 Å². The molecule has 0 aliphatic carbocycles. The van der Waals surface area contributed by atoms with Gasteiger partial charge in [-0.15, -0.1) is 5.10 Å². The van der Waals surface area contributed by atoms with Crippen molar-refractivity contribution in [3.63, 3.8) is 0 Å². The van der Waals surface area contributed by atoms with Crippen molar-refractivity contribution in [3.8, 4) is 5.69 Å². The molecule has 0 radical (unpaired) electrons. The Kier molecular flexibility index (Phi) is 5.73. The molecule has 0 atom stereocenters. The number of anilines is 1. The number of para-hydroxylation sites is 1. The van der Waals surface area contributed by atoms with Crippen LogP contribution in [0.1, 0.15) is 47.3 Å². The van der Waals surface area contributed by atoms with Crippen LogP contribution in [0.2, 0.25) is 0 Å². The highest BCUT2D eigenvalue weighted by molar-refractivity contribution is 5.90. The molecule has 3 rings (SSSR count). The van der Waals surface area contributed by atoms with Crippen LogP contribution in [0.15, 0.2) is 42.6 Å². The molecule has 28 heavy (non-hydrogen) atoms. The predicted molar refractivity (Wildman–Crippen MR) is 110 cm³/mol. The number of carbonyl (C=O) groups is 1. The van der Waals surface area contributed by atoms with Crippen molar-refractivity contribution < 1.29 is 4.79 Å². The maximum atomic E-state index is 12.5. The van der Waals surface area contributed by atoms with Crippen LogP contribution >= 0.6 is 0 Å². The average molecular weight is 378 g/mol. The number of pyridine rings is 1. The topological polar surface area (TPSA) is 75.9 Å². The minimum atomic E-state index is -0.305. The molecule has 0 saturated heterocycles. The number of hydrogen-bond acceptors (Lipinski definition) is 5. The number of rotatable bonds is 6. The second-order valence-electron chi connectivity index (χ2n) is 7.21. The third kappa shape index (κ3) is 4.19. The van der Waals surface area contributed by atoms with E-state index in [1.807, 2.05) is 56.3 Å². The molecule has 1 N–H and O–H groups in total. The number of benzene rings is 1. The van der Waals surface area contributed by atoms with Crippen LogP contribution < -0.4 is 10.2 Å². The fourth-order valence-electron chi connectivity index (χ4n) is 2.93. The van der Waals surface area contributed by atoms with Gasteiger partial charge in [-0.05, 0) is 36.1 Å². The van der Waals surface area contributed by atoms with E-state index in [2.05, 4.69) is 40.3 Å². The lowest BCUT2D eigenvalue weighted by molar-refractivity contribution is 0.0940. The fourth-order valence-corrected chi connectivity index (χ4v) is 2.93. The normalized spacial score (nSPS) is 10.9. The summed E-state index contributed by atoms with van der Waals surface area (Å²) in [5, 5.41) is 7.31. The second kappa shape index (κ2) is 8.21. The Labute approximate surface area is 165 Å². The molecular formula is C21H26N6O. The molecule has 0 bridgehead atoms. The number of nitrogens with zero attached hydrogens (tertiary/aromatic N) is 5. The molecule has 0 aliphatic rings. The Morgan fingerprint density at radius 3 is 2.57 bits per heavy atom. The summed E-state index contributed by atoms with van der Waals surface area (Å²) in [6, 6.07) is 11.9. The molecule has 0 unspecified atom stereocenters. The first-order valence-corrected chi connectivity index (χ1v) is 9.30. The van der Waals surface area contributed by atoms with Crippen LogP contribution in [0.3, 0.4) is 0 Å². The second-order valence-corrected chi connectivity index (χ2v) is 7.21. The number of aromatic nitrogens is 4. The van der Waals surface area contributed by atoms with E-state index < -0.39 is 0 Å². The van der Waals surface area contributed by atoms with Gasteiger partial charge in [-0.25, -0.2) is 14.6 Å². The number of nitrogens with one attached hydrogen (secondary N) is 1. The van der Waals surface area contributed by atoms with Crippen molar-refractivity contribution >= 4 is 11.7 Å². The summed E-state index contributed by atoms with van der Waals surface area (Å²) in [6.07, 6.45) is 1.76. The Morgan fingerprint density at radius 1 is 1.18 bits per heavy atom. The third-order valence-electron chi connectivity index (χ3n) is 4.48. The van der Waals surface area contributed by atoms with Gasteiger partial charge in [0.2, 0.25) is 5.82 Å². The van der Waals surface area contributed by atoms with Gasteiger partial charge in [-0.2, -0.15) is 0 Å². The molecule has 0 fully saturated rings. The van der Waals surface area contributed by atoms with Crippen molar-refractivity contribution in [2.24, 2.45) is 0 Å².